The number of amidine groups is 1. The van der Waals surface area contributed by atoms with Crippen molar-refractivity contribution < 1.29 is 10.3 Å². The van der Waals surface area contributed by atoms with E-state index in [0.717, 1.165) is 32.4 Å². The van der Waals surface area contributed by atoms with Crippen molar-refractivity contribution in [2.75, 3.05) is 19.7 Å². The molecule has 92 valence electrons. The zero-order valence-corrected chi connectivity index (χ0v) is 9.60. The Morgan fingerprint density at radius 3 is 2.81 bits per heavy atom. The van der Waals surface area contributed by atoms with E-state index in [-0.39, 0.29) is 12.0 Å². The second-order valence-electron chi connectivity index (χ2n) is 5.22. The van der Waals surface area contributed by atoms with E-state index >= 15 is 0 Å². The lowest BCUT2D eigenvalue weighted by Gasteiger charge is -2.27. The van der Waals surface area contributed by atoms with E-state index in [1.807, 2.05) is 0 Å². The summed E-state index contributed by atoms with van der Waals surface area (Å²) in [6.07, 6.45) is 5.24. The molecule has 1 saturated heterocycles. The van der Waals surface area contributed by atoms with Gasteiger partial charge in [-0.05, 0) is 37.6 Å². The standard InChI is InChI=1S/C11H21N3O2/c12-10(13-16)6-11(3-4-11)8-14-5-1-2-9(14)7-15/h9,15-16H,1-8H2,(H2,12,13). The number of nitrogens with zero attached hydrogens (tertiary/aromatic N) is 2. The highest BCUT2D eigenvalue weighted by atomic mass is 16.4. The second-order valence-corrected chi connectivity index (χ2v) is 5.22. The lowest BCUT2D eigenvalue weighted by atomic mass is 10.0. The third-order valence-electron chi connectivity index (χ3n) is 3.89. The number of oxime groups is 1. The van der Waals surface area contributed by atoms with Crippen LogP contribution in [0.15, 0.2) is 5.16 Å². The molecule has 1 aliphatic heterocycles. The number of likely N-dealkylation sites (tertiary alicyclic amines) is 1. The van der Waals surface area contributed by atoms with Crippen LogP contribution in [0, 0.1) is 5.41 Å². The first kappa shape index (κ1) is 11.7. The van der Waals surface area contributed by atoms with Crippen molar-refractivity contribution in [1.29, 1.82) is 0 Å². The topological polar surface area (TPSA) is 82.1 Å². The molecule has 1 atom stereocenters. The van der Waals surface area contributed by atoms with Crippen LogP contribution in [0.25, 0.3) is 0 Å². The molecule has 0 aromatic rings. The fourth-order valence-electron chi connectivity index (χ4n) is 2.73. The molecule has 0 radical (unpaired) electrons. The Morgan fingerprint density at radius 1 is 1.50 bits per heavy atom. The van der Waals surface area contributed by atoms with Gasteiger partial charge in [-0.3, -0.25) is 4.90 Å². The monoisotopic (exact) mass is 227 g/mol. The number of nitrogens with two attached hydrogens (primary N) is 1. The molecule has 2 aliphatic rings. The Labute approximate surface area is 95.9 Å². The van der Waals surface area contributed by atoms with Crippen molar-refractivity contribution in [3.05, 3.63) is 0 Å². The minimum Gasteiger partial charge on any atom is -0.409 e. The summed E-state index contributed by atoms with van der Waals surface area (Å²) in [5, 5.41) is 20.9. The lowest BCUT2D eigenvalue weighted by Crippen LogP contribution is -2.38. The minimum atomic E-state index is 0.216. The van der Waals surface area contributed by atoms with Crippen LogP contribution < -0.4 is 5.73 Å². The summed E-state index contributed by atoms with van der Waals surface area (Å²) in [7, 11) is 0. The molecule has 5 heteroatoms. The Morgan fingerprint density at radius 2 is 2.25 bits per heavy atom. The van der Waals surface area contributed by atoms with Crippen molar-refractivity contribution >= 4 is 5.84 Å². The highest BCUT2D eigenvalue weighted by Gasteiger charge is 2.46. The van der Waals surface area contributed by atoms with Gasteiger partial charge in [-0.1, -0.05) is 5.16 Å². The average molecular weight is 227 g/mol. The summed E-state index contributed by atoms with van der Waals surface area (Å²) in [6.45, 7) is 2.30. The van der Waals surface area contributed by atoms with Gasteiger partial charge in [0.05, 0.1) is 6.61 Å². The molecule has 0 spiro atoms. The van der Waals surface area contributed by atoms with Crippen molar-refractivity contribution in [2.24, 2.45) is 16.3 Å². The number of rotatable bonds is 5. The summed E-state index contributed by atoms with van der Waals surface area (Å²) in [5.74, 6) is 0.331. The average Bonchev–Trinajstić information content (AvgIpc) is 2.88. The third-order valence-corrected chi connectivity index (χ3v) is 3.89. The Balaban J connectivity index is 1.89. The van der Waals surface area contributed by atoms with E-state index in [4.69, 9.17) is 10.9 Å². The molecule has 1 saturated carbocycles. The van der Waals surface area contributed by atoms with E-state index in [9.17, 15) is 5.11 Å². The molecular weight excluding hydrogens is 206 g/mol. The van der Waals surface area contributed by atoms with Crippen LogP contribution in [0.3, 0.4) is 0 Å². The van der Waals surface area contributed by atoms with Crippen molar-refractivity contribution in [1.82, 2.24) is 4.90 Å². The molecule has 2 rings (SSSR count). The molecule has 2 fully saturated rings. The van der Waals surface area contributed by atoms with Gasteiger partial charge in [0.2, 0.25) is 0 Å². The normalized spacial score (nSPS) is 29.6. The van der Waals surface area contributed by atoms with E-state index in [1.165, 1.54) is 6.42 Å². The van der Waals surface area contributed by atoms with Gasteiger partial charge in [-0.2, -0.15) is 0 Å². The van der Waals surface area contributed by atoms with Gasteiger partial charge in [-0.15, -0.1) is 0 Å². The molecule has 0 aromatic heterocycles. The van der Waals surface area contributed by atoms with E-state index in [2.05, 4.69) is 10.1 Å². The molecule has 4 N–H and O–H groups in total. The second kappa shape index (κ2) is 4.59. The van der Waals surface area contributed by atoms with Crippen LogP contribution in [0.2, 0.25) is 0 Å². The summed E-state index contributed by atoms with van der Waals surface area (Å²) in [6, 6.07) is 0.324. The first-order valence-electron chi connectivity index (χ1n) is 6.00. The Hall–Kier alpha value is -0.810. The molecule has 0 bridgehead atoms. The maximum Gasteiger partial charge on any atom is 0.139 e. The van der Waals surface area contributed by atoms with Crippen molar-refractivity contribution in [3.63, 3.8) is 0 Å². The maximum atomic E-state index is 9.25. The third kappa shape index (κ3) is 2.47. The van der Waals surface area contributed by atoms with Crippen LogP contribution in [0.5, 0.6) is 0 Å². The highest BCUT2D eigenvalue weighted by molar-refractivity contribution is 5.80. The highest BCUT2D eigenvalue weighted by Crippen LogP contribution is 2.50. The quantitative estimate of drug-likeness (QED) is 0.274. The minimum absolute atomic E-state index is 0.216. The molecule has 1 heterocycles. The van der Waals surface area contributed by atoms with Crippen LogP contribution in [0.4, 0.5) is 0 Å². The van der Waals surface area contributed by atoms with Gasteiger partial charge in [0.25, 0.3) is 0 Å². The van der Waals surface area contributed by atoms with Crippen LogP contribution in [0.1, 0.15) is 32.1 Å². The fraction of sp³-hybridized carbons (Fsp3) is 0.909. The van der Waals surface area contributed by atoms with E-state index in [0.29, 0.717) is 18.3 Å². The first-order valence-corrected chi connectivity index (χ1v) is 6.00. The summed E-state index contributed by atoms with van der Waals surface area (Å²) < 4.78 is 0. The molecule has 1 unspecified atom stereocenters. The predicted octanol–water partition coefficient (Wildman–Crippen LogP) is 0.360. The molecule has 0 amide bonds. The molecular formula is C11H21N3O2. The van der Waals surface area contributed by atoms with Crippen molar-refractivity contribution in [3.8, 4) is 0 Å². The number of aliphatic hydroxyl groups excluding tert-OH is 1. The number of hydrogen-bond acceptors (Lipinski definition) is 4. The van der Waals surface area contributed by atoms with Gasteiger partial charge < -0.3 is 16.0 Å². The molecule has 1 aliphatic carbocycles. The smallest absolute Gasteiger partial charge is 0.139 e. The SMILES string of the molecule is NC(CC1(CN2CCCC2CO)CC1)=NO. The van der Waals surface area contributed by atoms with Gasteiger partial charge in [-0.25, -0.2) is 0 Å². The zero-order valence-electron chi connectivity index (χ0n) is 9.60. The van der Waals surface area contributed by atoms with Crippen molar-refractivity contribution in [2.45, 2.75) is 38.1 Å². The van der Waals surface area contributed by atoms with Crippen LogP contribution in [-0.4, -0.2) is 46.8 Å². The van der Waals surface area contributed by atoms with Gasteiger partial charge in [0.15, 0.2) is 0 Å². The zero-order chi connectivity index (χ0) is 11.6. The summed E-state index contributed by atoms with van der Waals surface area (Å²) in [5.41, 5.74) is 5.79. The van der Waals surface area contributed by atoms with Gasteiger partial charge in [0, 0.05) is 19.0 Å². The molecule has 5 nitrogen and oxygen atoms in total. The van der Waals surface area contributed by atoms with Gasteiger partial charge in [0.1, 0.15) is 5.84 Å². The summed E-state index contributed by atoms with van der Waals surface area (Å²) in [4.78, 5) is 2.36. The lowest BCUT2D eigenvalue weighted by molar-refractivity contribution is 0.137. The molecule has 16 heavy (non-hydrogen) atoms. The molecule has 0 aromatic carbocycles. The first-order chi connectivity index (χ1) is 7.69. The van der Waals surface area contributed by atoms with Crippen LogP contribution in [-0.2, 0) is 0 Å². The van der Waals surface area contributed by atoms with Gasteiger partial charge >= 0.3 is 0 Å². The Bertz CT molecular complexity index is 276. The Kier molecular flexibility index (Phi) is 3.35. The largest absolute Gasteiger partial charge is 0.409 e. The predicted molar refractivity (Wildman–Crippen MR) is 61.4 cm³/mol. The van der Waals surface area contributed by atoms with Crippen LogP contribution >= 0.6 is 0 Å². The maximum absolute atomic E-state index is 9.25. The number of hydrogen-bond donors (Lipinski definition) is 3. The van der Waals surface area contributed by atoms with E-state index < -0.39 is 0 Å². The van der Waals surface area contributed by atoms with E-state index in [1.54, 1.807) is 0 Å². The summed E-state index contributed by atoms with van der Waals surface area (Å²) >= 11 is 0. The fourth-order valence-corrected chi connectivity index (χ4v) is 2.73. The number of aliphatic hydroxyl groups is 1.